The van der Waals surface area contributed by atoms with E-state index >= 15 is 0 Å². The number of ketones is 1. The van der Waals surface area contributed by atoms with Crippen molar-refractivity contribution in [3.05, 3.63) is 77.1 Å². The maximum atomic E-state index is 12.3. The standard InChI is InChI=1S/C27H28N2O5S/c1-2-3-4-5-12-28-27(35)29-16-6-9-19(22(13-16)26(32)33)25-20-10-7-17(30)14-23(20)34-24-15-18(31)8-11-21(24)25/h6-11,13-15,20,25,31H,2-5,12H2,1H3,(H,32,33)(H2,28,29,35). The summed E-state index contributed by atoms with van der Waals surface area (Å²) in [7, 11) is 0. The van der Waals surface area contributed by atoms with Gasteiger partial charge in [-0.15, -0.1) is 0 Å². The number of nitrogens with one attached hydrogen (secondary N) is 2. The average molecular weight is 493 g/mol. The number of rotatable bonds is 8. The van der Waals surface area contributed by atoms with Gasteiger partial charge in [0.25, 0.3) is 0 Å². The lowest BCUT2D eigenvalue weighted by molar-refractivity contribution is -0.110. The molecule has 35 heavy (non-hydrogen) atoms. The number of hydrogen-bond donors (Lipinski definition) is 4. The normalized spacial score (nSPS) is 18.1. The lowest BCUT2D eigenvalue weighted by atomic mass is 9.74. The fourth-order valence-electron chi connectivity index (χ4n) is 4.52. The molecule has 2 aliphatic rings. The fraction of sp³-hybridized carbons (Fsp3) is 0.296. The van der Waals surface area contributed by atoms with Crippen LogP contribution in [0.1, 0.15) is 60.0 Å². The number of unbranched alkanes of at least 4 members (excludes halogenated alkanes) is 3. The number of phenolic OH excluding ortho intramolecular Hbond substituents is 1. The molecule has 0 aromatic heterocycles. The van der Waals surface area contributed by atoms with Crippen LogP contribution in [0.3, 0.4) is 0 Å². The molecule has 1 aliphatic carbocycles. The summed E-state index contributed by atoms with van der Waals surface area (Å²) in [4.78, 5) is 24.3. The number of anilines is 1. The minimum Gasteiger partial charge on any atom is -0.508 e. The van der Waals surface area contributed by atoms with Crippen LogP contribution in [0.5, 0.6) is 11.5 Å². The summed E-state index contributed by atoms with van der Waals surface area (Å²) in [6.07, 6.45) is 9.11. The number of aromatic carboxylic acids is 1. The van der Waals surface area contributed by atoms with Crippen molar-refractivity contribution < 1.29 is 24.5 Å². The molecule has 0 spiro atoms. The number of aromatic hydroxyl groups is 1. The first-order chi connectivity index (χ1) is 16.9. The summed E-state index contributed by atoms with van der Waals surface area (Å²) in [6.45, 7) is 2.91. The van der Waals surface area contributed by atoms with Crippen LogP contribution in [-0.2, 0) is 4.79 Å². The molecule has 7 nitrogen and oxygen atoms in total. The Kier molecular flexibility index (Phi) is 7.51. The number of carbonyl (C=O) groups excluding carboxylic acids is 1. The molecule has 4 N–H and O–H groups in total. The number of benzene rings is 2. The molecular formula is C27H28N2O5S. The van der Waals surface area contributed by atoms with E-state index in [1.807, 2.05) is 0 Å². The Hall–Kier alpha value is -3.65. The molecule has 2 aromatic carbocycles. The van der Waals surface area contributed by atoms with Crippen LogP contribution in [-0.4, -0.2) is 33.6 Å². The van der Waals surface area contributed by atoms with E-state index in [4.69, 9.17) is 17.0 Å². The van der Waals surface area contributed by atoms with Gasteiger partial charge < -0.3 is 25.6 Å². The molecule has 1 heterocycles. The van der Waals surface area contributed by atoms with Crippen molar-refractivity contribution in [2.75, 3.05) is 11.9 Å². The van der Waals surface area contributed by atoms with Crippen molar-refractivity contribution in [3.63, 3.8) is 0 Å². The van der Waals surface area contributed by atoms with E-state index in [9.17, 15) is 19.8 Å². The Morgan fingerprint density at radius 1 is 1.11 bits per heavy atom. The lowest BCUT2D eigenvalue weighted by Gasteiger charge is -2.35. The number of carboxylic acid groups (broad SMARTS) is 1. The quantitative estimate of drug-likeness (QED) is 0.297. The van der Waals surface area contributed by atoms with E-state index in [-0.39, 0.29) is 23.0 Å². The van der Waals surface area contributed by atoms with E-state index < -0.39 is 11.9 Å². The van der Waals surface area contributed by atoms with Gasteiger partial charge in [-0.25, -0.2) is 4.79 Å². The second-order valence-corrected chi connectivity index (χ2v) is 9.09. The number of carbonyl (C=O) groups is 2. The topological polar surface area (TPSA) is 108 Å². The van der Waals surface area contributed by atoms with Crippen LogP contribution in [0.15, 0.2) is 60.4 Å². The van der Waals surface area contributed by atoms with E-state index in [0.717, 1.165) is 31.4 Å². The van der Waals surface area contributed by atoms with Crippen LogP contribution in [0.25, 0.3) is 0 Å². The molecule has 0 saturated heterocycles. The third kappa shape index (κ3) is 5.54. The number of hydrogen-bond acceptors (Lipinski definition) is 5. The van der Waals surface area contributed by atoms with Crippen molar-refractivity contribution in [3.8, 4) is 11.5 Å². The maximum absolute atomic E-state index is 12.3. The van der Waals surface area contributed by atoms with Crippen molar-refractivity contribution >= 4 is 34.8 Å². The predicted octanol–water partition coefficient (Wildman–Crippen LogP) is 5.12. The lowest BCUT2D eigenvalue weighted by Crippen LogP contribution is -2.30. The molecule has 2 unspecified atom stereocenters. The van der Waals surface area contributed by atoms with Gasteiger partial charge in [0.1, 0.15) is 17.3 Å². The summed E-state index contributed by atoms with van der Waals surface area (Å²) in [5, 5.41) is 26.7. The van der Waals surface area contributed by atoms with Crippen LogP contribution >= 0.6 is 12.2 Å². The molecule has 8 heteroatoms. The minimum atomic E-state index is -1.07. The number of ether oxygens (including phenoxy) is 1. The monoisotopic (exact) mass is 492 g/mol. The summed E-state index contributed by atoms with van der Waals surface area (Å²) < 4.78 is 5.92. The SMILES string of the molecule is CCCCCCNC(=S)Nc1ccc(C2c3ccc(O)cc3OC3=CC(=O)C=CC32)c(C(=O)O)c1. The zero-order valence-electron chi connectivity index (χ0n) is 19.4. The van der Waals surface area contributed by atoms with Gasteiger partial charge in [-0.3, -0.25) is 4.79 Å². The Morgan fingerprint density at radius 2 is 1.91 bits per heavy atom. The highest BCUT2D eigenvalue weighted by molar-refractivity contribution is 7.80. The second-order valence-electron chi connectivity index (χ2n) is 8.68. The minimum absolute atomic E-state index is 0.0212. The Balaban J connectivity index is 1.64. The van der Waals surface area contributed by atoms with Gasteiger partial charge in [0.2, 0.25) is 0 Å². The van der Waals surface area contributed by atoms with Gasteiger partial charge in [-0.1, -0.05) is 44.4 Å². The summed E-state index contributed by atoms with van der Waals surface area (Å²) in [5.41, 5.74) is 2.00. The molecule has 0 amide bonds. The van der Waals surface area contributed by atoms with Crippen molar-refractivity contribution in [2.24, 2.45) is 5.92 Å². The third-order valence-corrected chi connectivity index (χ3v) is 6.44. The van der Waals surface area contributed by atoms with Gasteiger partial charge in [-0.05, 0) is 48.5 Å². The first-order valence-electron chi connectivity index (χ1n) is 11.7. The maximum Gasteiger partial charge on any atom is 0.336 e. The van der Waals surface area contributed by atoms with Crippen LogP contribution in [0.4, 0.5) is 5.69 Å². The summed E-state index contributed by atoms with van der Waals surface area (Å²) >= 11 is 5.37. The largest absolute Gasteiger partial charge is 0.508 e. The average Bonchev–Trinajstić information content (AvgIpc) is 2.82. The molecular weight excluding hydrogens is 464 g/mol. The molecule has 2 aromatic rings. The molecule has 0 saturated carbocycles. The third-order valence-electron chi connectivity index (χ3n) is 6.19. The van der Waals surface area contributed by atoms with Crippen LogP contribution < -0.4 is 15.4 Å². The van der Waals surface area contributed by atoms with E-state index in [1.54, 1.807) is 36.4 Å². The first kappa shape index (κ1) is 24.5. The molecule has 4 rings (SSSR count). The van der Waals surface area contributed by atoms with Crippen LogP contribution in [0.2, 0.25) is 0 Å². The predicted molar refractivity (Wildman–Crippen MR) is 138 cm³/mol. The number of allylic oxidation sites excluding steroid dienone is 3. The van der Waals surface area contributed by atoms with Gasteiger partial charge in [-0.2, -0.15) is 0 Å². The Labute approximate surface area is 209 Å². The number of carboxylic acids is 1. The Bertz CT molecular complexity index is 1220. The molecule has 0 radical (unpaired) electrons. The van der Waals surface area contributed by atoms with Gasteiger partial charge >= 0.3 is 5.97 Å². The highest BCUT2D eigenvalue weighted by atomic mass is 32.1. The number of thiocarbonyl (C=S) groups is 1. The summed E-state index contributed by atoms with van der Waals surface area (Å²) in [6, 6.07) is 9.88. The number of phenols is 1. The molecule has 0 fully saturated rings. The highest BCUT2D eigenvalue weighted by Gasteiger charge is 2.38. The smallest absolute Gasteiger partial charge is 0.336 e. The highest BCUT2D eigenvalue weighted by Crippen LogP contribution is 2.49. The Morgan fingerprint density at radius 3 is 2.69 bits per heavy atom. The molecule has 1 aliphatic heterocycles. The molecule has 182 valence electrons. The van der Waals surface area contributed by atoms with Crippen molar-refractivity contribution in [1.29, 1.82) is 0 Å². The van der Waals surface area contributed by atoms with E-state index in [2.05, 4.69) is 17.6 Å². The van der Waals surface area contributed by atoms with Gasteiger partial charge in [0, 0.05) is 41.8 Å². The fourth-order valence-corrected chi connectivity index (χ4v) is 4.74. The first-order valence-corrected chi connectivity index (χ1v) is 12.1. The van der Waals surface area contributed by atoms with Crippen molar-refractivity contribution in [2.45, 2.75) is 38.5 Å². The van der Waals surface area contributed by atoms with Gasteiger partial charge in [0.15, 0.2) is 10.9 Å². The van der Waals surface area contributed by atoms with Crippen molar-refractivity contribution in [1.82, 2.24) is 5.32 Å². The van der Waals surface area contributed by atoms with Crippen LogP contribution in [0, 0.1) is 5.92 Å². The summed E-state index contributed by atoms with van der Waals surface area (Å²) in [5.74, 6) is -1.21. The number of fused-ring (bicyclic) bond motifs is 2. The zero-order chi connectivity index (χ0) is 24.9. The van der Waals surface area contributed by atoms with E-state index in [0.29, 0.717) is 27.9 Å². The van der Waals surface area contributed by atoms with Gasteiger partial charge in [0.05, 0.1) is 5.56 Å². The van der Waals surface area contributed by atoms with E-state index in [1.165, 1.54) is 24.6 Å². The zero-order valence-corrected chi connectivity index (χ0v) is 20.2. The second kappa shape index (κ2) is 10.7. The molecule has 2 atom stereocenters. The molecule has 0 bridgehead atoms.